The summed E-state index contributed by atoms with van der Waals surface area (Å²) in [6.07, 6.45) is 6.54. The second kappa shape index (κ2) is 9.99. The second-order valence-electron chi connectivity index (χ2n) is 9.64. The van der Waals surface area contributed by atoms with Crippen molar-refractivity contribution in [3.63, 3.8) is 0 Å². The lowest BCUT2D eigenvalue weighted by Gasteiger charge is -2.37. The van der Waals surface area contributed by atoms with Crippen LogP contribution in [0.2, 0.25) is 0 Å². The van der Waals surface area contributed by atoms with E-state index in [0.29, 0.717) is 24.1 Å². The third kappa shape index (κ3) is 4.58. The largest absolute Gasteiger partial charge is 0.478 e. The van der Waals surface area contributed by atoms with Crippen molar-refractivity contribution < 1.29 is 9.90 Å². The fourth-order valence-electron chi connectivity index (χ4n) is 6.01. The molecule has 2 aliphatic rings. The number of piperidine rings is 1. The zero-order valence-electron chi connectivity index (χ0n) is 19.9. The Bertz CT molecular complexity index is 1170. The molecular weight excluding hydrogens is 418 g/mol. The van der Waals surface area contributed by atoms with E-state index in [1.165, 1.54) is 35.1 Å². The van der Waals surface area contributed by atoms with Gasteiger partial charge in [0.25, 0.3) is 0 Å². The monoisotopic (exact) mass is 451 g/mol. The first-order valence-corrected chi connectivity index (χ1v) is 12.6. The maximum atomic E-state index is 11.7. The van der Waals surface area contributed by atoms with Crippen LogP contribution in [0.4, 0.5) is 0 Å². The molecule has 0 aliphatic carbocycles. The van der Waals surface area contributed by atoms with Crippen molar-refractivity contribution in [1.82, 2.24) is 4.90 Å². The minimum atomic E-state index is -0.845. The number of hydrogen-bond donors (Lipinski definition) is 1. The van der Waals surface area contributed by atoms with E-state index in [1.54, 1.807) is 6.07 Å². The Morgan fingerprint density at radius 1 is 0.882 bits per heavy atom. The number of aromatic carboxylic acids is 1. The molecule has 5 rings (SSSR count). The van der Waals surface area contributed by atoms with Crippen LogP contribution in [-0.2, 0) is 12.8 Å². The molecule has 3 aromatic carbocycles. The summed E-state index contributed by atoms with van der Waals surface area (Å²) in [7, 11) is 0. The molecule has 174 valence electrons. The minimum Gasteiger partial charge on any atom is -0.478 e. The van der Waals surface area contributed by atoms with Crippen molar-refractivity contribution in [2.24, 2.45) is 0 Å². The Morgan fingerprint density at radius 3 is 2.15 bits per heavy atom. The van der Waals surface area contributed by atoms with E-state index < -0.39 is 5.97 Å². The van der Waals surface area contributed by atoms with Gasteiger partial charge in [-0.05, 0) is 72.4 Å². The van der Waals surface area contributed by atoms with Crippen LogP contribution in [0.15, 0.2) is 84.4 Å². The number of fused-ring (bicyclic) bond motifs is 2. The van der Waals surface area contributed by atoms with Gasteiger partial charge in [0.2, 0.25) is 0 Å². The summed E-state index contributed by atoms with van der Waals surface area (Å²) in [4.78, 5) is 14.5. The lowest BCUT2D eigenvalue weighted by Crippen LogP contribution is -2.41. The molecule has 34 heavy (non-hydrogen) atoms. The van der Waals surface area contributed by atoms with Crippen molar-refractivity contribution in [1.29, 1.82) is 0 Å². The molecule has 2 bridgehead atoms. The number of carbonyl (C=O) groups is 1. The smallest absolute Gasteiger partial charge is 0.335 e. The van der Waals surface area contributed by atoms with E-state index in [-0.39, 0.29) is 0 Å². The maximum absolute atomic E-state index is 11.7. The molecule has 2 heterocycles. The Hall–Kier alpha value is -3.17. The Labute approximate surface area is 202 Å². The summed E-state index contributed by atoms with van der Waals surface area (Å²) < 4.78 is 0. The van der Waals surface area contributed by atoms with Crippen LogP contribution < -0.4 is 0 Å². The molecule has 0 amide bonds. The first-order chi connectivity index (χ1) is 16.6. The van der Waals surface area contributed by atoms with E-state index in [4.69, 9.17) is 0 Å². The molecule has 1 N–H and O–H groups in total. The molecule has 0 spiro atoms. The number of aryl methyl sites for hydroxylation is 1. The van der Waals surface area contributed by atoms with Crippen LogP contribution in [0.3, 0.4) is 0 Å². The van der Waals surface area contributed by atoms with Crippen LogP contribution >= 0.6 is 0 Å². The molecule has 3 heteroatoms. The topological polar surface area (TPSA) is 40.5 Å². The lowest BCUT2D eigenvalue weighted by atomic mass is 9.84. The number of nitrogens with zero attached hydrogens (tertiary/aromatic N) is 1. The standard InChI is InChI=1S/C31H33NO2/c1-2-23-19-25(13-16-29(23)31(33)34)30(24-11-7-4-8-12-24)26-20-27-14-15-28(21-26)32(27)18-17-22-9-5-3-6-10-22/h3-13,16,19,27-28H,2,14-15,17-18,20-21H2,1H3,(H,33,34). The van der Waals surface area contributed by atoms with Crippen molar-refractivity contribution in [3.05, 3.63) is 112 Å². The Morgan fingerprint density at radius 2 is 1.53 bits per heavy atom. The van der Waals surface area contributed by atoms with E-state index in [2.05, 4.69) is 71.6 Å². The molecule has 0 radical (unpaired) electrons. The fourth-order valence-corrected chi connectivity index (χ4v) is 6.01. The predicted molar refractivity (Wildman–Crippen MR) is 138 cm³/mol. The number of rotatable bonds is 7. The van der Waals surface area contributed by atoms with E-state index in [0.717, 1.165) is 36.9 Å². The average molecular weight is 452 g/mol. The van der Waals surface area contributed by atoms with Gasteiger partial charge in [0.1, 0.15) is 0 Å². The van der Waals surface area contributed by atoms with Crippen molar-refractivity contribution in [2.45, 2.75) is 57.5 Å². The van der Waals surface area contributed by atoms with Crippen LogP contribution in [0, 0.1) is 0 Å². The van der Waals surface area contributed by atoms with E-state index in [9.17, 15) is 9.90 Å². The molecular formula is C31H33NO2. The second-order valence-corrected chi connectivity index (χ2v) is 9.64. The Kier molecular flexibility index (Phi) is 6.64. The molecule has 3 aromatic rings. The molecule has 0 aromatic heterocycles. The summed E-state index contributed by atoms with van der Waals surface area (Å²) >= 11 is 0. The zero-order chi connectivity index (χ0) is 23.5. The van der Waals surface area contributed by atoms with Gasteiger partial charge < -0.3 is 5.11 Å². The van der Waals surface area contributed by atoms with Gasteiger partial charge in [-0.25, -0.2) is 4.79 Å². The van der Waals surface area contributed by atoms with Gasteiger partial charge in [-0.3, -0.25) is 4.90 Å². The SMILES string of the molecule is CCc1cc(C(=C2CC3CCC(C2)N3CCc2ccccc2)c2ccccc2)ccc1C(=O)O. The first-order valence-electron chi connectivity index (χ1n) is 12.6. The number of hydrogen-bond acceptors (Lipinski definition) is 2. The maximum Gasteiger partial charge on any atom is 0.335 e. The summed E-state index contributed by atoms with van der Waals surface area (Å²) in [6, 6.07) is 28.6. The molecule has 2 aliphatic heterocycles. The van der Waals surface area contributed by atoms with Crippen LogP contribution in [0.25, 0.3) is 5.57 Å². The fraction of sp³-hybridized carbons (Fsp3) is 0.323. The predicted octanol–water partition coefficient (Wildman–Crippen LogP) is 6.62. The molecule has 3 nitrogen and oxygen atoms in total. The van der Waals surface area contributed by atoms with Crippen LogP contribution in [0.1, 0.15) is 65.2 Å². The van der Waals surface area contributed by atoms with Gasteiger partial charge >= 0.3 is 5.97 Å². The number of carboxylic acid groups (broad SMARTS) is 1. The number of carboxylic acids is 1. The summed E-state index contributed by atoms with van der Waals surface area (Å²) in [5.74, 6) is -0.845. The van der Waals surface area contributed by atoms with Gasteiger partial charge in [-0.15, -0.1) is 0 Å². The number of benzene rings is 3. The molecule has 0 saturated carbocycles. The highest BCUT2D eigenvalue weighted by atomic mass is 16.4. The van der Waals surface area contributed by atoms with E-state index >= 15 is 0 Å². The van der Waals surface area contributed by atoms with Gasteiger partial charge in [-0.1, -0.05) is 85.3 Å². The van der Waals surface area contributed by atoms with Crippen molar-refractivity contribution >= 4 is 11.5 Å². The molecule has 2 fully saturated rings. The first kappa shape index (κ1) is 22.6. The normalized spacial score (nSPS) is 19.9. The van der Waals surface area contributed by atoms with Crippen LogP contribution in [0.5, 0.6) is 0 Å². The van der Waals surface area contributed by atoms with Gasteiger partial charge in [0.05, 0.1) is 5.56 Å². The Balaban J connectivity index is 1.48. The third-order valence-corrected chi connectivity index (χ3v) is 7.66. The van der Waals surface area contributed by atoms with Gasteiger partial charge in [0, 0.05) is 18.6 Å². The third-order valence-electron chi connectivity index (χ3n) is 7.66. The highest BCUT2D eigenvalue weighted by molar-refractivity contribution is 5.91. The molecule has 2 saturated heterocycles. The lowest BCUT2D eigenvalue weighted by molar-refractivity contribution is 0.0695. The highest BCUT2D eigenvalue weighted by Crippen LogP contribution is 2.43. The van der Waals surface area contributed by atoms with Gasteiger partial charge in [0.15, 0.2) is 0 Å². The summed E-state index contributed by atoms with van der Waals surface area (Å²) in [5, 5.41) is 9.61. The average Bonchev–Trinajstić information content (AvgIpc) is 3.11. The quantitative estimate of drug-likeness (QED) is 0.439. The van der Waals surface area contributed by atoms with Crippen LogP contribution in [-0.4, -0.2) is 34.6 Å². The molecule has 2 unspecified atom stereocenters. The summed E-state index contributed by atoms with van der Waals surface area (Å²) in [6.45, 7) is 3.16. The van der Waals surface area contributed by atoms with Crippen molar-refractivity contribution in [3.8, 4) is 0 Å². The van der Waals surface area contributed by atoms with Gasteiger partial charge in [-0.2, -0.15) is 0 Å². The minimum absolute atomic E-state index is 0.416. The zero-order valence-corrected chi connectivity index (χ0v) is 19.9. The van der Waals surface area contributed by atoms with E-state index in [1.807, 2.05) is 13.0 Å². The van der Waals surface area contributed by atoms with Crippen molar-refractivity contribution in [2.75, 3.05) is 6.54 Å². The summed E-state index contributed by atoms with van der Waals surface area (Å²) in [5.41, 5.74) is 7.96. The molecule has 2 atom stereocenters. The highest BCUT2D eigenvalue weighted by Gasteiger charge is 2.39.